The molecular weight excluding hydrogens is 299 g/mol. The number of rotatable bonds is 4. The number of benzene rings is 2. The summed E-state index contributed by atoms with van der Waals surface area (Å²) in [5, 5.41) is 0. The smallest absolute Gasteiger partial charge is 0.457 e. The minimum atomic E-state index is -0.315. The van der Waals surface area contributed by atoms with Gasteiger partial charge >= 0.3 is 7.12 Å². The van der Waals surface area contributed by atoms with Crippen molar-refractivity contribution in [1.29, 1.82) is 0 Å². The molecule has 0 aromatic heterocycles. The maximum absolute atomic E-state index is 6.18. The molecule has 2 aromatic rings. The molecule has 1 atom stereocenters. The number of ether oxygens (including phenoxy) is 1. The second kappa shape index (κ2) is 6.27. The average Bonchev–Trinajstić information content (AvgIpc) is 2.76. The molecule has 4 heteroatoms. The third-order valence-electron chi connectivity index (χ3n) is 5.04. The van der Waals surface area contributed by atoms with E-state index in [0.717, 1.165) is 17.1 Å². The van der Waals surface area contributed by atoms with E-state index >= 15 is 0 Å². The van der Waals surface area contributed by atoms with Gasteiger partial charge in [-0.1, -0.05) is 37.3 Å². The summed E-state index contributed by atoms with van der Waals surface area (Å²) in [4.78, 5) is 0. The Hall–Kier alpha value is -1.78. The van der Waals surface area contributed by atoms with Crippen molar-refractivity contribution >= 4 is 7.12 Å². The highest BCUT2D eigenvalue weighted by Crippen LogP contribution is 2.41. The molecule has 1 aliphatic rings. The van der Waals surface area contributed by atoms with Crippen LogP contribution in [-0.4, -0.2) is 18.3 Å². The summed E-state index contributed by atoms with van der Waals surface area (Å²) in [6, 6.07) is 17.9. The number of hydrogen-bond donors (Lipinski definition) is 0. The lowest BCUT2D eigenvalue weighted by molar-refractivity contribution is 0.00578. The number of para-hydroxylation sites is 1. The Kier molecular flexibility index (Phi) is 4.45. The summed E-state index contributed by atoms with van der Waals surface area (Å²) in [6.45, 7) is 10.4. The lowest BCUT2D eigenvalue weighted by Gasteiger charge is -2.32. The van der Waals surface area contributed by atoms with Gasteiger partial charge in [-0.15, -0.1) is 0 Å². The molecule has 1 fully saturated rings. The van der Waals surface area contributed by atoms with Crippen LogP contribution in [0.4, 0.5) is 0 Å². The van der Waals surface area contributed by atoms with Crippen LogP contribution in [0.3, 0.4) is 0 Å². The van der Waals surface area contributed by atoms with Crippen molar-refractivity contribution in [3.8, 4) is 11.5 Å². The van der Waals surface area contributed by atoms with E-state index in [0.29, 0.717) is 0 Å². The first-order valence-electron chi connectivity index (χ1n) is 8.47. The van der Waals surface area contributed by atoms with Gasteiger partial charge in [0.2, 0.25) is 0 Å². The molecule has 1 aliphatic heterocycles. The van der Waals surface area contributed by atoms with Gasteiger partial charge in [-0.25, -0.2) is 0 Å². The molecule has 126 valence electrons. The maximum Gasteiger partial charge on any atom is 0.465 e. The second-order valence-corrected chi connectivity index (χ2v) is 7.40. The SMILES string of the molecule is CC(B1OC(C)(C)C(C)(C)O1)c1cccc(Oc2ccccc2)c1. The summed E-state index contributed by atoms with van der Waals surface area (Å²) < 4.78 is 18.3. The van der Waals surface area contributed by atoms with E-state index in [4.69, 9.17) is 14.0 Å². The topological polar surface area (TPSA) is 27.7 Å². The zero-order valence-corrected chi connectivity index (χ0v) is 15.1. The lowest BCUT2D eigenvalue weighted by atomic mass is 9.69. The summed E-state index contributed by atoms with van der Waals surface area (Å²) >= 11 is 0. The molecule has 3 rings (SSSR count). The predicted octanol–water partition coefficient (Wildman–Crippen LogP) is 5.21. The van der Waals surface area contributed by atoms with Crippen LogP contribution in [0.5, 0.6) is 11.5 Å². The van der Waals surface area contributed by atoms with E-state index in [9.17, 15) is 0 Å². The van der Waals surface area contributed by atoms with Gasteiger partial charge in [-0.05, 0) is 57.5 Å². The Labute approximate surface area is 145 Å². The molecule has 0 saturated carbocycles. The molecule has 0 spiro atoms. The van der Waals surface area contributed by atoms with Gasteiger partial charge < -0.3 is 14.0 Å². The standard InChI is InChI=1S/C20H25BO3/c1-15(21-23-19(2,3)20(4,5)24-21)16-10-9-13-18(14-16)22-17-11-7-6-8-12-17/h6-15H,1-5H3. The first-order valence-corrected chi connectivity index (χ1v) is 8.47. The third kappa shape index (κ3) is 3.35. The van der Waals surface area contributed by atoms with E-state index in [1.54, 1.807) is 0 Å². The third-order valence-corrected chi connectivity index (χ3v) is 5.04. The minimum absolute atomic E-state index is 0.116. The molecule has 1 heterocycles. The Morgan fingerprint density at radius 2 is 1.42 bits per heavy atom. The predicted molar refractivity (Wildman–Crippen MR) is 97.5 cm³/mol. The van der Waals surface area contributed by atoms with Gasteiger partial charge in [0, 0.05) is 5.82 Å². The average molecular weight is 324 g/mol. The summed E-state index contributed by atoms with van der Waals surface area (Å²) in [5.41, 5.74) is 0.510. The Bertz CT molecular complexity index is 681. The maximum atomic E-state index is 6.18. The van der Waals surface area contributed by atoms with E-state index in [1.165, 1.54) is 0 Å². The Morgan fingerprint density at radius 1 is 0.833 bits per heavy atom. The van der Waals surface area contributed by atoms with E-state index < -0.39 is 0 Å². The van der Waals surface area contributed by atoms with Crippen LogP contribution in [-0.2, 0) is 9.31 Å². The van der Waals surface area contributed by atoms with Crippen molar-refractivity contribution < 1.29 is 14.0 Å². The first kappa shape index (κ1) is 17.1. The zero-order chi connectivity index (χ0) is 17.4. The van der Waals surface area contributed by atoms with Gasteiger partial charge in [0.25, 0.3) is 0 Å². The number of hydrogen-bond acceptors (Lipinski definition) is 3. The summed E-state index contributed by atoms with van der Waals surface area (Å²) in [6.07, 6.45) is 0. The highest BCUT2D eigenvalue weighted by molar-refractivity contribution is 6.47. The van der Waals surface area contributed by atoms with Crippen LogP contribution >= 0.6 is 0 Å². The van der Waals surface area contributed by atoms with Gasteiger partial charge in [-0.2, -0.15) is 0 Å². The Balaban J connectivity index is 1.77. The van der Waals surface area contributed by atoms with Crippen LogP contribution in [0, 0.1) is 0 Å². The highest BCUT2D eigenvalue weighted by atomic mass is 16.7. The largest absolute Gasteiger partial charge is 0.465 e. The van der Waals surface area contributed by atoms with Gasteiger partial charge in [0.15, 0.2) is 0 Å². The fourth-order valence-corrected chi connectivity index (χ4v) is 2.74. The fraction of sp³-hybridized carbons (Fsp3) is 0.400. The van der Waals surface area contributed by atoms with Crippen molar-refractivity contribution in [3.63, 3.8) is 0 Å². The molecule has 0 amide bonds. The first-order chi connectivity index (χ1) is 11.3. The fourth-order valence-electron chi connectivity index (χ4n) is 2.74. The van der Waals surface area contributed by atoms with Crippen molar-refractivity contribution in [2.24, 2.45) is 0 Å². The molecule has 0 N–H and O–H groups in total. The van der Waals surface area contributed by atoms with E-state index in [2.05, 4.69) is 46.8 Å². The molecule has 2 aromatic carbocycles. The van der Waals surface area contributed by atoms with E-state index in [1.807, 2.05) is 42.5 Å². The van der Waals surface area contributed by atoms with Crippen molar-refractivity contribution in [2.75, 3.05) is 0 Å². The molecule has 3 nitrogen and oxygen atoms in total. The molecule has 0 aliphatic carbocycles. The molecule has 0 bridgehead atoms. The second-order valence-electron chi connectivity index (χ2n) is 7.40. The van der Waals surface area contributed by atoms with Crippen LogP contribution in [0.25, 0.3) is 0 Å². The zero-order valence-electron chi connectivity index (χ0n) is 15.1. The quantitative estimate of drug-likeness (QED) is 0.722. The van der Waals surface area contributed by atoms with Gasteiger partial charge in [-0.3, -0.25) is 0 Å². The van der Waals surface area contributed by atoms with E-state index in [-0.39, 0.29) is 24.1 Å². The van der Waals surface area contributed by atoms with Crippen molar-refractivity contribution in [1.82, 2.24) is 0 Å². The molecule has 1 saturated heterocycles. The van der Waals surface area contributed by atoms with Crippen LogP contribution in [0.15, 0.2) is 54.6 Å². The molecule has 1 unspecified atom stereocenters. The summed E-state index contributed by atoms with van der Waals surface area (Å²) in [7, 11) is -0.262. The van der Waals surface area contributed by atoms with Gasteiger partial charge in [0.05, 0.1) is 11.2 Å². The highest BCUT2D eigenvalue weighted by Gasteiger charge is 2.53. The van der Waals surface area contributed by atoms with Crippen molar-refractivity contribution in [2.45, 2.75) is 51.6 Å². The van der Waals surface area contributed by atoms with Crippen molar-refractivity contribution in [3.05, 3.63) is 60.2 Å². The summed E-state index contributed by atoms with van der Waals surface area (Å²) in [5.74, 6) is 1.77. The Morgan fingerprint density at radius 3 is 2.04 bits per heavy atom. The van der Waals surface area contributed by atoms with Gasteiger partial charge in [0.1, 0.15) is 11.5 Å². The monoisotopic (exact) mass is 324 g/mol. The van der Waals surface area contributed by atoms with Crippen LogP contribution in [0.2, 0.25) is 0 Å². The molecule has 0 radical (unpaired) electrons. The normalized spacial score (nSPS) is 20.0. The molecule has 24 heavy (non-hydrogen) atoms. The molecular formula is C20H25BO3. The lowest BCUT2D eigenvalue weighted by Crippen LogP contribution is -2.41. The van der Waals surface area contributed by atoms with Crippen LogP contribution < -0.4 is 4.74 Å². The minimum Gasteiger partial charge on any atom is -0.457 e. The van der Waals surface area contributed by atoms with Crippen LogP contribution in [0.1, 0.15) is 46.0 Å².